The van der Waals surface area contributed by atoms with Gasteiger partial charge in [-0.05, 0) is 25.3 Å². The van der Waals surface area contributed by atoms with E-state index in [9.17, 15) is 4.79 Å². The third-order valence-corrected chi connectivity index (χ3v) is 4.20. The van der Waals surface area contributed by atoms with Crippen molar-refractivity contribution in [1.82, 2.24) is 10.2 Å². The number of rotatable bonds is 6. The molecular formula is C13H16N6OS. The maximum atomic E-state index is 11.4. The van der Waals surface area contributed by atoms with Gasteiger partial charge in [0.2, 0.25) is 0 Å². The number of anilines is 2. The number of nitrogen functional groups attached to an aromatic ring is 1. The molecule has 2 aromatic rings. The number of aryl methyl sites for hydroxylation is 2. The summed E-state index contributed by atoms with van der Waals surface area (Å²) in [6.45, 7) is 2.62. The largest absolute Gasteiger partial charge is 0.396 e. The molecule has 2 aromatic heterocycles. The van der Waals surface area contributed by atoms with Crippen LogP contribution in [0.4, 0.5) is 10.7 Å². The number of carbonyl (C=O) groups is 1. The van der Waals surface area contributed by atoms with Crippen molar-refractivity contribution in [2.75, 3.05) is 17.6 Å². The number of aromatic amines is 1. The Morgan fingerprint density at radius 1 is 1.62 bits per heavy atom. The third-order valence-electron chi connectivity index (χ3n) is 3.14. The fourth-order valence-electron chi connectivity index (χ4n) is 2.00. The van der Waals surface area contributed by atoms with Crippen LogP contribution in [-0.2, 0) is 6.42 Å². The van der Waals surface area contributed by atoms with Crippen LogP contribution >= 0.6 is 11.3 Å². The van der Waals surface area contributed by atoms with E-state index in [0.29, 0.717) is 16.4 Å². The van der Waals surface area contributed by atoms with E-state index in [1.807, 2.05) is 13.0 Å². The summed E-state index contributed by atoms with van der Waals surface area (Å²) in [6.07, 6.45) is 3.53. The van der Waals surface area contributed by atoms with E-state index in [0.717, 1.165) is 35.4 Å². The number of nitrogens with two attached hydrogens (primary N) is 2. The molecule has 0 atom stereocenters. The van der Waals surface area contributed by atoms with E-state index < -0.39 is 5.91 Å². The third kappa shape index (κ3) is 3.14. The standard InChI is InChI=1S/C13H16N6OS/c1-7-8(6-18-19-7)3-2-4-17-13-10(12(16)20)11(15)9(5-14)21-13/h6,17H,2-4,15H2,1H3,(H2,16,20)(H,18,19). The van der Waals surface area contributed by atoms with Gasteiger partial charge in [0.05, 0.1) is 17.4 Å². The van der Waals surface area contributed by atoms with Gasteiger partial charge in [-0.25, -0.2) is 0 Å². The van der Waals surface area contributed by atoms with E-state index in [1.165, 1.54) is 0 Å². The number of nitriles is 1. The average molecular weight is 304 g/mol. The number of carbonyl (C=O) groups excluding carboxylic acids is 1. The molecule has 1 amide bonds. The van der Waals surface area contributed by atoms with Gasteiger partial charge in [0.25, 0.3) is 5.91 Å². The molecule has 0 aliphatic rings. The molecule has 2 heterocycles. The first kappa shape index (κ1) is 14.9. The molecule has 0 aromatic carbocycles. The number of primary amides is 1. The van der Waals surface area contributed by atoms with E-state index in [1.54, 1.807) is 6.20 Å². The van der Waals surface area contributed by atoms with Crippen LogP contribution in [0.15, 0.2) is 6.20 Å². The van der Waals surface area contributed by atoms with Gasteiger partial charge in [-0.3, -0.25) is 9.89 Å². The van der Waals surface area contributed by atoms with E-state index in [4.69, 9.17) is 16.7 Å². The summed E-state index contributed by atoms with van der Waals surface area (Å²) < 4.78 is 0. The lowest BCUT2D eigenvalue weighted by Crippen LogP contribution is -2.15. The molecule has 21 heavy (non-hydrogen) atoms. The Balaban J connectivity index is 1.99. The Bertz CT molecular complexity index is 696. The number of hydrogen-bond donors (Lipinski definition) is 4. The molecule has 0 aliphatic carbocycles. The lowest BCUT2D eigenvalue weighted by molar-refractivity contribution is 0.100. The van der Waals surface area contributed by atoms with Crippen molar-refractivity contribution < 1.29 is 4.79 Å². The molecule has 7 nitrogen and oxygen atoms in total. The molecule has 110 valence electrons. The summed E-state index contributed by atoms with van der Waals surface area (Å²) in [5.41, 5.74) is 13.6. The normalized spacial score (nSPS) is 10.3. The van der Waals surface area contributed by atoms with Crippen LogP contribution in [-0.4, -0.2) is 22.6 Å². The van der Waals surface area contributed by atoms with Gasteiger partial charge in [0.15, 0.2) is 0 Å². The highest BCUT2D eigenvalue weighted by Gasteiger charge is 2.19. The van der Waals surface area contributed by atoms with Gasteiger partial charge in [-0.15, -0.1) is 11.3 Å². The van der Waals surface area contributed by atoms with Crippen LogP contribution < -0.4 is 16.8 Å². The molecule has 0 bridgehead atoms. The minimum absolute atomic E-state index is 0.156. The number of amides is 1. The lowest BCUT2D eigenvalue weighted by Gasteiger charge is -2.05. The van der Waals surface area contributed by atoms with Crippen molar-refractivity contribution >= 4 is 27.9 Å². The van der Waals surface area contributed by atoms with E-state index in [-0.39, 0.29) is 11.3 Å². The Morgan fingerprint density at radius 2 is 2.38 bits per heavy atom. The van der Waals surface area contributed by atoms with Crippen LogP contribution in [0.5, 0.6) is 0 Å². The second kappa shape index (κ2) is 6.28. The molecule has 0 aliphatic heterocycles. The Morgan fingerprint density at radius 3 is 2.95 bits per heavy atom. The minimum Gasteiger partial charge on any atom is -0.396 e. The fourth-order valence-corrected chi connectivity index (χ4v) is 2.95. The summed E-state index contributed by atoms with van der Waals surface area (Å²) in [6, 6.07) is 1.96. The van der Waals surface area contributed by atoms with Crippen molar-refractivity contribution in [1.29, 1.82) is 5.26 Å². The predicted octanol–water partition coefficient (Wildman–Crippen LogP) is 1.38. The smallest absolute Gasteiger partial charge is 0.253 e. The van der Waals surface area contributed by atoms with Crippen molar-refractivity contribution in [3.63, 3.8) is 0 Å². The molecule has 0 radical (unpaired) electrons. The average Bonchev–Trinajstić information content (AvgIpc) is 2.98. The van der Waals surface area contributed by atoms with Crippen LogP contribution in [0, 0.1) is 18.3 Å². The maximum absolute atomic E-state index is 11.4. The van der Waals surface area contributed by atoms with Gasteiger partial charge >= 0.3 is 0 Å². The van der Waals surface area contributed by atoms with E-state index >= 15 is 0 Å². The number of H-pyrrole nitrogens is 1. The van der Waals surface area contributed by atoms with Crippen LogP contribution in [0.3, 0.4) is 0 Å². The molecule has 0 spiro atoms. The lowest BCUT2D eigenvalue weighted by atomic mass is 10.1. The first-order chi connectivity index (χ1) is 10.0. The van der Waals surface area contributed by atoms with Gasteiger partial charge in [0.1, 0.15) is 15.9 Å². The zero-order valence-electron chi connectivity index (χ0n) is 11.6. The molecule has 0 fully saturated rings. The number of aromatic nitrogens is 2. The van der Waals surface area contributed by atoms with Crippen LogP contribution in [0.25, 0.3) is 0 Å². The first-order valence-electron chi connectivity index (χ1n) is 6.39. The minimum atomic E-state index is -0.626. The predicted molar refractivity (Wildman–Crippen MR) is 82.1 cm³/mol. The molecule has 0 saturated heterocycles. The fraction of sp³-hybridized carbons (Fsp3) is 0.308. The molecule has 2 rings (SSSR count). The highest BCUT2D eigenvalue weighted by atomic mass is 32.1. The Kier molecular flexibility index (Phi) is 4.45. The molecule has 8 heteroatoms. The highest BCUT2D eigenvalue weighted by Crippen LogP contribution is 2.34. The van der Waals surface area contributed by atoms with Crippen LogP contribution in [0.1, 0.15) is 32.9 Å². The van der Waals surface area contributed by atoms with Gasteiger partial charge < -0.3 is 16.8 Å². The Hall–Kier alpha value is -2.53. The zero-order valence-corrected chi connectivity index (χ0v) is 12.4. The second-order valence-corrected chi connectivity index (χ2v) is 5.60. The zero-order chi connectivity index (χ0) is 15.4. The summed E-state index contributed by atoms with van der Waals surface area (Å²) in [5, 5.41) is 19.5. The summed E-state index contributed by atoms with van der Waals surface area (Å²) in [7, 11) is 0. The first-order valence-corrected chi connectivity index (χ1v) is 7.21. The number of thiophene rings is 1. The van der Waals surface area contributed by atoms with Gasteiger partial charge in [-0.2, -0.15) is 10.4 Å². The summed E-state index contributed by atoms with van der Waals surface area (Å²) in [5.74, 6) is -0.626. The monoisotopic (exact) mass is 304 g/mol. The number of hydrogen-bond acceptors (Lipinski definition) is 6. The summed E-state index contributed by atoms with van der Waals surface area (Å²) in [4.78, 5) is 11.7. The topological polar surface area (TPSA) is 134 Å². The highest BCUT2D eigenvalue weighted by molar-refractivity contribution is 7.17. The van der Waals surface area contributed by atoms with Crippen LogP contribution in [0.2, 0.25) is 0 Å². The van der Waals surface area contributed by atoms with Crippen molar-refractivity contribution in [3.05, 3.63) is 27.9 Å². The SMILES string of the molecule is Cc1[nH]ncc1CCCNc1sc(C#N)c(N)c1C(N)=O. The van der Waals surface area contributed by atoms with Gasteiger partial charge in [-0.1, -0.05) is 0 Å². The molecule has 0 saturated carbocycles. The van der Waals surface area contributed by atoms with E-state index in [2.05, 4.69) is 15.5 Å². The summed E-state index contributed by atoms with van der Waals surface area (Å²) >= 11 is 1.15. The quantitative estimate of drug-likeness (QED) is 0.598. The van der Waals surface area contributed by atoms with Crippen molar-refractivity contribution in [3.8, 4) is 6.07 Å². The molecule has 0 unspecified atom stereocenters. The Labute approximate surface area is 125 Å². The number of nitrogens with one attached hydrogen (secondary N) is 2. The maximum Gasteiger partial charge on any atom is 0.253 e. The second-order valence-electron chi connectivity index (χ2n) is 4.58. The number of nitrogens with zero attached hydrogens (tertiary/aromatic N) is 2. The molecule has 6 N–H and O–H groups in total. The van der Waals surface area contributed by atoms with Crippen molar-refractivity contribution in [2.24, 2.45) is 5.73 Å². The van der Waals surface area contributed by atoms with Gasteiger partial charge in [0, 0.05) is 12.2 Å². The van der Waals surface area contributed by atoms with Crippen molar-refractivity contribution in [2.45, 2.75) is 19.8 Å². The molecular weight excluding hydrogens is 288 g/mol.